The molecule has 8 nitrogen and oxygen atoms in total. The topological polar surface area (TPSA) is 118 Å². The van der Waals surface area contributed by atoms with Gasteiger partial charge in [0.15, 0.2) is 0 Å². The smallest absolute Gasteiger partial charge is 0.435 e. The number of imide groups is 1. The van der Waals surface area contributed by atoms with E-state index in [2.05, 4.69) is 5.32 Å². The molecular weight excluding hydrogens is 348 g/mol. The van der Waals surface area contributed by atoms with Gasteiger partial charge in [-0.1, -0.05) is 30.3 Å². The molecule has 2 rings (SSSR count). The number of carbonyl (C=O) groups is 3. The molecule has 1 aliphatic rings. The van der Waals surface area contributed by atoms with Crippen LogP contribution in [0.5, 0.6) is 0 Å². The molecule has 1 saturated heterocycles. The van der Waals surface area contributed by atoms with Gasteiger partial charge < -0.3 is 10.4 Å². The molecule has 1 aliphatic heterocycles. The van der Waals surface area contributed by atoms with Crippen LogP contribution in [0.25, 0.3) is 0 Å². The molecule has 2 atom stereocenters. The summed E-state index contributed by atoms with van der Waals surface area (Å²) in [6.45, 7) is 1.17. The second-order valence-electron chi connectivity index (χ2n) is 6.15. The SMILES string of the molecule is C[C@@H]1CCC[N+]1(C(=O)O)C(=O)CNC(=O)S(=O)(=O)Cc1ccccc1. The van der Waals surface area contributed by atoms with Crippen molar-refractivity contribution >= 4 is 27.1 Å². The fourth-order valence-electron chi connectivity index (χ4n) is 3.10. The summed E-state index contributed by atoms with van der Waals surface area (Å²) in [5.41, 5.74) is 0.450. The molecule has 25 heavy (non-hydrogen) atoms. The number of rotatable bonds is 4. The van der Waals surface area contributed by atoms with Crippen LogP contribution in [0, 0.1) is 0 Å². The van der Waals surface area contributed by atoms with Gasteiger partial charge in [-0.25, -0.2) is 13.2 Å². The maximum Gasteiger partial charge on any atom is 0.521 e. The highest BCUT2D eigenvalue weighted by Gasteiger charge is 2.52. The molecule has 3 amide bonds. The maximum absolute atomic E-state index is 12.4. The summed E-state index contributed by atoms with van der Waals surface area (Å²) in [6.07, 6.45) is -0.117. The fraction of sp³-hybridized carbons (Fsp3) is 0.438. The Bertz CT molecular complexity index is 777. The third kappa shape index (κ3) is 3.88. The van der Waals surface area contributed by atoms with Crippen LogP contribution >= 0.6 is 0 Å². The lowest BCUT2D eigenvalue weighted by Crippen LogP contribution is -2.61. The molecule has 0 radical (unpaired) electrons. The molecule has 136 valence electrons. The van der Waals surface area contributed by atoms with E-state index >= 15 is 0 Å². The Kier molecular flexibility index (Phi) is 5.58. The molecule has 0 aromatic heterocycles. The van der Waals surface area contributed by atoms with Gasteiger partial charge in [0.25, 0.3) is 0 Å². The first-order valence-electron chi connectivity index (χ1n) is 7.89. The van der Waals surface area contributed by atoms with Crippen molar-refractivity contribution in [1.82, 2.24) is 5.32 Å². The molecule has 1 heterocycles. The highest BCUT2D eigenvalue weighted by molar-refractivity contribution is 8.05. The van der Waals surface area contributed by atoms with Gasteiger partial charge in [-0.15, -0.1) is 0 Å². The van der Waals surface area contributed by atoms with E-state index < -0.39 is 49.9 Å². The summed E-state index contributed by atoms with van der Waals surface area (Å²) in [4.78, 5) is 35.9. The van der Waals surface area contributed by atoms with Gasteiger partial charge in [-0.2, -0.15) is 9.28 Å². The molecule has 1 aromatic rings. The van der Waals surface area contributed by atoms with Crippen molar-refractivity contribution in [3.63, 3.8) is 0 Å². The summed E-state index contributed by atoms with van der Waals surface area (Å²) < 4.78 is 23.4. The monoisotopic (exact) mass is 369 g/mol. The van der Waals surface area contributed by atoms with Crippen molar-refractivity contribution in [3.05, 3.63) is 35.9 Å². The van der Waals surface area contributed by atoms with Crippen molar-refractivity contribution in [3.8, 4) is 0 Å². The van der Waals surface area contributed by atoms with E-state index in [0.29, 0.717) is 18.4 Å². The Morgan fingerprint density at radius 3 is 2.40 bits per heavy atom. The number of carbonyl (C=O) groups excluding carboxylic acids is 2. The van der Waals surface area contributed by atoms with E-state index in [-0.39, 0.29) is 6.54 Å². The van der Waals surface area contributed by atoms with Crippen molar-refractivity contribution < 1.29 is 32.4 Å². The molecule has 1 fully saturated rings. The van der Waals surface area contributed by atoms with E-state index in [9.17, 15) is 27.9 Å². The second kappa shape index (κ2) is 7.32. The average Bonchev–Trinajstić information content (AvgIpc) is 2.95. The van der Waals surface area contributed by atoms with Crippen LogP contribution in [-0.4, -0.2) is 54.4 Å². The van der Waals surface area contributed by atoms with Crippen LogP contribution in [0.1, 0.15) is 25.3 Å². The number of likely N-dealkylation sites (tertiary alicyclic amines) is 1. The van der Waals surface area contributed by atoms with E-state index in [1.807, 2.05) is 0 Å². The number of benzene rings is 1. The number of nitrogens with zero attached hydrogens (tertiary/aromatic N) is 1. The molecule has 2 N–H and O–H groups in total. The zero-order valence-electron chi connectivity index (χ0n) is 13.8. The minimum absolute atomic E-state index is 0.141. The van der Waals surface area contributed by atoms with Crippen LogP contribution in [-0.2, 0) is 20.4 Å². The number of nitrogens with one attached hydrogen (secondary N) is 1. The molecule has 9 heteroatoms. The average molecular weight is 369 g/mol. The van der Waals surface area contributed by atoms with Crippen LogP contribution in [0.3, 0.4) is 0 Å². The first-order chi connectivity index (χ1) is 11.7. The third-order valence-electron chi connectivity index (χ3n) is 4.54. The number of hydrogen-bond acceptors (Lipinski definition) is 5. The summed E-state index contributed by atoms with van der Waals surface area (Å²) in [7, 11) is -4.14. The quantitative estimate of drug-likeness (QED) is 0.777. The van der Waals surface area contributed by atoms with E-state index in [1.165, 1.54) is 0 Å². The lowest BCUT2D eigenvalue weighted by molar-refractivity contribution is -0.791. The van der Waals surface area contributed by atoms with Gasteiger partial charge in [0.05, 0.1) is 12.3 Å². The van der Waals surface area contributed by atoms with Crippen LogP contribution in [0.15, 0.2) is 30.3 Å². The molecule has 0 bridgehead atoms. The predicted octanol–water partition coefficient (Wildman–Crippen LogP) is 1.51. The fourth-order valence-corrected chi connectivity index (χ4v) is 4.15. The van der Waals surface area contributed by atoms with Crippen LogP contribution in [0.2, 0.25) is 0 Å². The Balaban J connectivity index is 2.03. The molecule has 1 aromatic carbocycles. The Labute approximate surface area is 145 Å². The van der Waals surface area contributed by atoms with Gasteiger partial charge in [0.2, 0.25) is 9.84 Å². The van der Waals surface area contributed by atoms with Gasteiger partial charge in [0.1, 0.15) is 12.6 Å². The Morgan fingerprint density at radius 2 is 1.88 bits per heavy atom. The molecule has 0 aliphatic carbocycles. The molecule has 0 spiro atoms. The van der Waals surface area contributed by atoms with E-state index in [1.54, 1.807) is 37.3 Å². The zero-order chi connectivity index (χ0) is 18.7. The van der Waals surface area contributed by atoms with Gasteiger partial charge in [-0.3, -0.25) is 4.79 Å². The Morgan fingerprint density at radius 1 is 1.24 bits per heavy atom. The number of amides is 3. The highest BCUT2D eigenvalue weighted by Crippen LogP contribution is 2.27. The maximum atomic E-state index is 12.4. The Hall–Kier alpha value is -2.26. The second-order valence-corrected chi connectivity index (χ2v) is 8.03. The van der Waals surface area contributed by atoms with Gasteiger partial charge in [-0.05, 0) is 12.5 Å². The summed E-state index contributed by atoms with van der Waals surface area (Å²) in [5, 5.41) is 10.2. The largest absolute Gasteiger partial charge is 0.521 e. The predicted molar refractivity (Wildman–Crippen MR) is 89.3 cm³/mol. The highest BCUT2D eigenvalue weighted by atomic mass is 32.2. The minimum atomic E-state index is -4.14. The summed E-state index contributed by atoms with van der Waals surface area (Å²) in [6, 6.07) is 7.77. The van der Waals surface area contributed by atoms with Crippen molar-refractivity contribution in [2.24, 2.45) is 0 Å². The number of quaternary nitrogens is 1. The van der Waals surface area contributed by atoms with Gasteiger partial charge >= 0.3 is 17.2 Å². The van der Waals surface area contributed by atoms with Crippen molar-refractivity contribution in [1.29, 1.82) is 0 Å². The van der Waals surface area contributed by atoms with Crippen molar-refractivity contribution in [2.45, 2.75) is 31.6 Å². The molecule has 1 unspecified atom stereocenters. The number of hydrogen-bond donors (Lipinski definition) is 2. The lowest BCUT2D eigenvalue weighted by atomic mass is 10.2. The number of carboxylic acid groups (broad SMARTS) is 1. The first-order valence-corrected chi connectivity index (χ1v) is 9.54. The van der Waals surface area contributed by atoms with Crippen LogP contribution in [0.4, 0.5) is 9.59 Å². The number of sulfone groups is 1. The lowest BCUT2D eigenvalue weighted by Gasteiger charge is -2.29. The van der Waals surface area contributed by atoms with Crippen LogP contribution < -0.4 is 5.32 Å². The van der Waals surface area contributed by atoms with Gasteiger partial charge in [0, 0.05) is 12.8 Å². The zero-order valence-corrected chi connectivity index (χ0v) is 14.7. The third-order valence-corrected chi connectivity index (χ3v) is 5.96. The minimum Gasteiger partial charge on any atom is -0.435 e. The molecule has 0 saturated carbocycles. The summed E-state index contributed by atoms with van der Waals surface area (Å²) >= 11 is 0. The van der Waals surface area contributed by atoms with Crippen molar-refractivity contribution in [2.75, 3.05) is 13.1 Å². The molecular formula is C16H21N2O6S+. The standard InChI is InChI=1S/C16H20N2O6S/c1-12-6-5-9-18(12,16(21)22)14(19)10-17-15(20)25(23,24)11-13-7-3-2-4-8-13/h2-4,7-8,12H,5-6,9-11H2,1H3,(H-,17,20,21,22)/p+1/t12-,18?/m1/s1. The van der Waals surface area contributed by atoms with E-state index in [0.717, 1.165) is 0 Å². The normalized spacial score (nSPS) is 23.2. The van der Waals surface area contributed by atoms with E-state index in [4.69, 9.17) is 0 Å². The summed E-state index contributed by atoms with van der Waals surface area (Å²) in [5.74, 6) is -1.20. The first kappa shape index (κ1) is 19.1.